The first-order valence-electron chi connectivity index (χ1n) is 15.0. The maximum atomic E-state index is 13.5. The molecule has 1 aromatic carbocycles. The number of rotatable bonds is 2. The van der Waals surface area contributed by atoms with E-state index in [0.29, 0.717) is 50.8 Å². The number of ether oxygens (including phenoxy) is 1. The fourth-order valence-corrected chi connectivity index (χ4v) is 5.73. The highest BCUT2D eigenvalue weighted by Gasteiger charge is 2.40. The van der Waals surface area contributed by atoms with E-state index in [2.05, 4.69) is 16.0 Å². The van der Waals surface area contributed by atoms with Crippen molar-refractivity contribution in [3.8, 4) is 0 Å². The topological polar surface area (TPSA) is 154 Å². The first-order chi connectivity index (χ1) is 20.5. The number of cyclic esters (lactones) is 1. The van der Waals surface area contributed by atoms with Gasteiger partial charge in [-0.1, -0.05) is 23.8 Å². The number of fused-ring (bicyclic) bond motifs is 2. The Morgan fingerprint density at radius 2 is 1.65 bits per heavy atom. The first-order valence-corrected chi connectivity index (χ1v) is 15.0. The van der Waals surface area contributed by atoms with Gasteiger partial charge in [0.15, 0.2) is 0 Å². The van der Waals surface area contributed by atoms with Crippen LogP contribution in [0.2, 0.25) is 0 Å². The molecule has 43 heavy (non-hydrogen) atoms. The zero-order valence-electron chi connectivity index (χ0n) is 25.0. The predicted octanol–water partition coefficient (Wildman–Crippen LogP) is 1.41. The van der Waals surface area contributed by atoms with E-state index >= 15 is 0 Å². The van der Waals surface area contributed by atoms with Crippen molar-refractivity contribution in [1.29, 1.82) is 0 Å². The minimum atomic E-state index is -1.32. The van der Waals surface area contributed by atoms with Crippen LogP contribution in [0.1, 0.15) is 76.1 Å². The van der Waals surface area contributed by atoms with E-state index in [0.717, 1.165) is 5.57 Å². The molecule has 3 heterocycles. The highest BCUT2D eigenvalue weighted by molar-refractivity contribution is 5.99. The molecule has 1 aromatic rings. The Labute approximate surface area is 251 Å². The molecule has 0 saturated carbocycles. The van der Waals surface area contributed by atoms with Crippen LogP contribution < -0.4 is 16.0 Å². The van der Waals surface area contributed by atoms with Gasteiger partial charge in [-0.15, -0.1) is 0 Å². The summed E-state index contributed by atoms with van der Waals surface area (Å²) in [6.07, 6.45) is 3.99. The smallest absolute Gasteiger partial charge is 0.308 e. The Hall–Kier alpha value is -4.22. The third kappa shape index (κ3) is 8.20. The van der Waals surface area contributed by atoms with Gasteiger partial charge in [0, 0.05) is 37.3 Å². The molecule has 12 nitrogen and oxygen atoms in total. The van der Waals surface area contributed by atoms with Crippen LogP contribution in [-0.2, 0) is 28.7 Å². The van der Waals surface area contributed by atoms with Crippen molar-refractivity contribution in [3.63, 3.8) is 0 Å². The number of benzene rings is 1. The summed E-state index contributed by atoms with van der Waals surface area (Å²) in [4.78, 5) is 81.8. The Balaban J connectivity index is 1.56. The Bertz CT molecular complexity index is 1270. The molecule has 5 amide bonds. The van der Waals surface area contributed by atoms with Crippen molar-refractivity contribution in [2.24, 2.45) is 0 Å². The molecule has 5 atom stereocenters. The molecule has 0 radical (unpaired) electrons. The van der Waals surface area contributed by atoms with Gasteiger partial charge >= 0.3 is 5.97 Å². The zero-order chi connectivity index (χ0) is 31.1. The molecule has 1 saturated heterocycles. The fourth-order valence-electron chi connectivity index (χ4n) is 5.73. The SMILES string of the molecule is C[C@@H]1CC(=O)O[C@@H](C)[C@@H](NC(=O)c2ccccc2)C(=O)N[C@@H](C)C(=O)N2CCC[C@@H]2C(=O)N2C=C(CCCC(=O)N1)CC2. The number of esters is 1. The van der Waals surface area contributed by atoms with Gasteiger partial charge in [0.25, 0.3) is 5.91 Å². The summed E-state index contributed by atoms with van der Waals surface area (Å²) >= 11 is 0. The van der Waals surface area contributed by atoms with Crippen molar-refractivity contribution < 1.29 is 33.5 Å². The van der Waals surface area contributed by atoms with Gasteiger partial charge in [0.1, 0.15) is 24.2 Å². The van der Waals surface area contributed by atoms with Crippen LogP contribution in [0.4, 0.5) is 0 Å². The molecule has 0 spiro atoms. The summed E-state index contributed by atoms with van der Waals surface area (Å²) < 4.78 is 5.53. The van der Waals surface area contributed by atoms with Crippen LogP contribution in [0.15, 0.2) is 42.1 Å². The van der Waals surface area contributed by atoms with Crippen LogP contribution in [0.3, 0.4) is 0 Å². The minimum absolute atomic E-state index is 0.134. The van der Waals surface area contributed by atoms with Crippen molar-refractivity contribution in [2.45, 2.75) is 96.0 Å². The second-order valence-electron chi connectivity index (χ2n) is 11.5. The van der Waals surface area contributed by atoms with Crippen molar-refractivity contribution in [1.82, 2.24) is 25.8 Å². The summed E-state index contributed by atoms with van der Waals surface area (Å²) in [7, 11) is 0. The van der Waals surface area contributed by atoms with Crippen molar-refractivity contribution in [3.05, 3.63) is 47.7 Å². The van der Waals surface area contributed by atoms with E-state index in [1.54, 1.807) is 42.2 Å². The Kier molecular flexibility index (Phi) is 10.5. The van der Waals surface area contributed by atoms with E-state index < -0.39 is 54.0 Å². The van der Waals surface area contributed by atoms with Crippen LogP contribution in [-0.4, -0.2) is 88.7 Å². The van der Waals surface area contributed by atoms with Gasteiger partial charge in [-0.05, 0) is 65.0 Å². The molecular formula is C31H41N5O7. The molecular weight excluding hydrogens is 554 g/mol. The molecule has 12 heteroatoms. The van der Waals surface area contributed by atoms with Crippen molar-refractivity contribution >= 4 is 35.5 Å². The summed E-state index contributed by atoms with van der Waals surface area (Å²) in [6, 6.07) is 4.78. The summed E-state index contributed by atoms with van der Waals surface area (Å²) in [5, 5.41) is 8.09. The lowest BCUT2D eigenvalue weighted by Crippen LogP contribution is -2.58. The number of carbonyl (C=O) groups excluding carboxylic acids is 6. The van der Waals surface area contributed by atoms with E-state index in [1.807, 2.05) is 6.20 Å². The second kappa shape index (κ2) is 14.3. The van der Waals surface area contributed by atoms with E-state index in [1.165, 1.54) is 18.7 Å². The van der Waals surface area contributed by atoms with Gasteiger partial charge in [-0.25, -0.2) is 0 Å². The number of nitrogens with zero attached hydrogens (tertiary/aromatic N) is 2. The molecule has 3 aliphatic rings. The molecule has 2 bridgehead atoms. The first kappa shape index (κ1) is 31.7. The summed E-state index contributed by atoms with van der Waals surface area (Å²) in [6.45, 7) is 5.59. The lowest BCUT2D eigenvalue weighted by Gasteiger charge is -2.30. The highest BCUT2D eigenvalue weighted by Crippen LogP contribution is 2.25. The van der Waals surface area contributed by atoms with E-state index in [9.17, 15) is 28.8 Å². The van der Waals surface area contributed by atoms with Crippen LogP contribution in [0.25, 0.3) is 0 Å². The molecule has 232 valence electrons. The molecule has 3 aliphatic heterocycles. The Morgan fingerprint density at radius 1 is 0.907 bits per heavy atom. The zero-order valence-corrected chi connectivity index (χ0v) is 25.0. The standard InChI is InChI=1S/C31H41N5O7/c1-19-17-26(38)43-21(3)27(34-28(39)23-10-5-4-6-11-23)29(40)33-20(2)30(41)36-15-8-12-24(36)31(42)35-16-14-22(18-35)9-7-13-25(37)32-19/h4-6,10-11,18-21,24,27H,7-9,12-17H2,1-3H3,(H,32,37)(H,33,40)(H,34,39)/t19-,20+,21+,24-,27-/m1/s1. The van der Waals surface area contributed by atoms with Gasteiger partial charge in [-0.3, -0.25) is 28.8 Å². The molecule has 0 unspecified atom stereocenters. The average Bonchev–Trinajstić information content (AvgIpc) is 3.65. The molecule has 3 N–H and O–H groups in total. The average molecular weight is 596 g/mol. The van der Waals surface area contributed by atoms with E-state index in [4.69, 9.17) is 4.74 Å². The quantitative estimate of drug-likeness (QED) is 0.437. The number of hydrogen-bond acceptors (Lipinski definition) is 7. The maximum absolute atomic E-state index is 13.5. The van der Waals surface area contributed by atoms with Crippen LogP contribution in [0, 0.1) is 0 Å². The monoisotopic (exact) mass is 595 g/mol. The van der Waals surface area contributed by atoms with Crippen molar-refractivity contribution in [2.75, 3.05) is 13.1 Å². The highest BCUT2D eigenvalue weighted by atomic mass is 16.5. The largest absolute Gasteiger partial charge is 0.460 e. The van der Waals surface area contributed by atoms with Crippen LogP contribution >= 0.6 is 0 Å². The van der Waals surface area contributed by atoms with Gasteiger partial charge in [0.05, 0.1) is 6.42 Å². The Morgan fingerprint density at radius 3 is 2.40 bits per heavy atom. The minimum Gasteiger partial charge on any atom is -0.460 e. The van der Waals surface area contributed by atoms with Gasteiger partial charge in [-0.2, -0.15) is 0 Å². The number of nitrogens with one attached hydrogen (secondary N) is 3. The van der Waals surface area contributed by atoms with Gasteiger partial charge < -0.3 is 30.5 Å². The molecule has 1 fully saturated rings. The normalized spacial score (nSPS) is 28.2. The number of amides is 5. The fraction of sp³-hybridized carbons (Fsp3) is 0.548. The van der Waals surface area contributed by atoms with Crippen LogP contribution in [0.5, 0.6) is 0 Å². The summed E-state index contributed by atoms with van der Waals surface area (Å²) in [5.74, 6) is -2.70. The lowest BCUT2D eigenvalue weighted by atomic mass is 10.1. The number of carbonyl (C=O) groups is 6. The van der Waals surface area contributed by atoms with Gasteiger partial charge in [0.2, 0.25) is 23.6 Å². The molecule has 4 rings (SSSR count). The third-order valence-corrected chi connectivity index (χ3v) is 8.02. The number of hydrogen-bond donors (Lipinski definition) is 3. The molecule has 0 aromatic heterocycles. The second-order valence-corrected chi connectivity index (χ2v) is 11.5. The predicted molar refractivity (Wildman–Crippen MR) is 156 cm³/mol. The maximum Gasteiger partial charge on any atom is 0.308 e. The molecule has 0 aliphatic carbocycles. The summed E-state index contributed by atoms with van der Waals surface area (Å²) in [5.41, 5.74) is 1.37. The van der Waals surface area contributed by atoms with E-state index in [-0.39, 0.29) is 24.7 Å². The lowest BCUT2D eigenvalue weighted by molar-refractivity contribution is -0.152. The third-order valence-electron chi connectivity index (χ3n) is 8.02.